The fraction of sp³-hybridized carbons (Fsp3) is 0.400. The van der Waals surface area contributed by atoms with Crippen LogP contribution in [0.5, 0.6) is 0 Å². The molecule has 0 radical (unpaired) electrons. The summed E-state index contributed by atoms with van der Waals surface area (Å²) in [5.41, 5.74) is 10.3. The van der Waals surface area contributed by atoms with Crippen LogP contribution in [0, 0.1) is 0 Å². The Morgan fingerprint density at radius 3 is 2.11 bits per heavy atom. The third-order valence-corrected chi connectivity index (χ3v) is 7.57. The molecule has 0 saturated carbocycles. The van der Waals surface area contributed by atoms with Crippen LogP contribution in [0.3, 0.4) is 0 Å². The van der Waals surface area contributed by atoms with Gasteiger partial charge in [-0.1, -0.05) is 50.2 Å². The van der Waals surface area contributed by atoms with Crippen molar-refractivity contribution in [2.45, 2.75) is 37.6 Å². The van der Waals surface area contributed by atoms with Crippen molar-refractivity contribution < 1.29 is 22.0 Å². The highest BCUT2D eigenvalue weighted by Crippen LogP contribution is 2.23. The van der Waals surface area contributed by atoms with Crippen molar-refractivity contribution in [2.24, 2.45) is 15.8 Å². The largest absolute Gasteiger partial charge is 0.367 e. The number of nitrogens with one attached hydrogen (secondary N) is 2. The normalized spacial score (nSPS) is 14.9. The van der Waals surface area contributed by atoms with Crippen LogP contribution in [0.15, 0.2) is 63.5 Å². The van der Waals surface area contributed by atoms with Crippen molar-refractivity contribution in [3.05, 3.63) is 65.2 Å². The van der Waals surface area contributed by atoms with Gasteiger partial charge in [-0.2, -0.15) is 4.31 Å². The number of halogens is 2. The number of piperazine rings is 1. The van der Waals surface area contributed by atoms with Crippen LogP contribution in [0.2, 0.25) is 0 Å². The number of sulfonamides is 1. The third kappa shape index (κ3) is 9.38. The van der Waals surface area contributed by atoms with Gasteiger partial charge in [0.05, 0.1) is 11.2 Å². The first-order valence-corrected chi connectivity index (χ1v) is 13.4. The monoisotopic (exact) mass is 551 g/mol. The molecule has 1 fully saturated rings. The molecule has 0 unspecified atom stereocenters. The molecular weight excluding hydrogens is 516 g/mol. The van der Waals surface area contributed by atoms with E-state index in [0.717, 1.165) is 24.1 Å². The predicted molar refractivity (Wildman–Crippen MR) is 144 cm³/mol. The molecule has 2 aromatic carbocycles. The van der Waals surface area contributed by atoms with Gasteiger partial charge in [0.15, 0.2) is 0 Å². The maximum Gasteiger partial charge on any atom is 0.263 e. The average molecular weight is 552 g/mol. The maximum atomic E-state index is 12.6. The fourth-order valence-electron chi connectivity index (χ4n) is 3.46. The Bertz CT molecular complexity index is 1160. The van der Waals surface area contributed by atoms with Crippen LogP contribution >= 0.6 is 0 Å². The van der Waals surface area contributed by atoms with Gasteiger partial charge in [0.1, 0.15) is 0 Å². The molecular formula is C25H35F2N7O3S. The van der Waals surface area contributed by atoms with E-state index in [-0.39, 0.29) is 29.5 Å². The van der Waals surface area contributed by atoms with E-state index < -0.39 is 16.4 Å². The zero-order chi connectivity index (χ0) is 28.1. The second-order valence-electron chi connectivity index (χ2n) is 8.64. The molecule has 208 valence electrons. The number of hydrogen-bond donors (Lipinski definition) is 3. The zero-order valence-electron chi connectivity index (χ0n) is 21.7. The second-order valence-corrected chi connectivity index (χ2v) is 10.6. The van der Waals surface area contributed by atoms with Crippen LogP contribution in [0.4, 0.5) is 8.78 Å². The highest BCUT2D eigenvalue weighted by molar-refractivity contribution is 7.89. The van der Waals surface area contributed by atoms with Crippen molar-refractivity contribution in [3.63, 3.8) is 0 Å². The second kappa shape index (κ2) is 15.0. The number of hydrazone groups is 1. The van der Waals surface area contributed by atoms with E-state index >= 15 is 0 Å². The summed E-state index contributed by atoms with van der Waals surface area (Å²) in [5, 5.41) is 6.32. The third-order valence-electron chi connectivity index (χ3n) is 5.66. The van der Waals surface area contributed by atoms with Gasteiger partial charge in [-0.15, -0.1) is 5.10 Å². The minimum absolute atomic E-state index is 0.00409. The number of hydrogen-bond acceptors (Lipinski definition) is 5. The lowest BCUT2D eigenvalue weighted by Gasteiger charge is -2.32. The Hall–Kier alpha value is -3.58. The zero-order valence-corrected chi connectivity index (χ0v) is 22.5. The molecule has 10 nitrogen and oxygen atoms in total. The van der Waals surface area contributed by atoms with Crippen LogP contribution < -0.4 is 16.5 Å². The summed E-state index contributed by atoms with van der Waals surface area (Å²) in [6.45, 7) is 6.33. The summed E-state index contributed by atoms with van der Waals surface area (Å²) < 4.78 is 51.6. The molecule has 38 heavy (non-hydrogen) atoms. The number of alkyl halides is 2. The topological polar surface area (TPSA) is 132 Å². The van der Waals surface area contributed by atoms with Crippen LogP contribution in [0.1, 0.15) is 42.9 Å². The molecule has 1 aliphatic rings. The summed E-state index contributed by atoms with van der Waals surface area (Å²) in [6.07, 6.45) is -0.396. The van der Waals surface area contributed by atoms with Crippen molar-refractivity contribution in [1.82, 2.24) is 19.9 Å². The number of aliphatic imine (C=N–C) groups is 1. The van der Waals surface area contributed by atoms with E-state index in [2.05, 4.69) is 46.8 Å². The Morgan fingerprint density at radius 1 is 1.03 bits per heavy atom. The molecule has 0 bridgehead atoms. The first kappa shape index (κ1) is 30.6. The van der Waals surface area contributed by atoms with Crippen LogP contribution in [0.25, 0.3) is 0 Å². The van der Waals surface area contributed by atoms with E-state index in [1.807, 2.05) is 17.0 Å². The van der Waals surface area contributed by atoms with E-state index in [0.29, 0.717) is 25.6 Å². The van der Waals surface area contributed by atoms with Crippen LogP contribution in [-0.2, 0) is 21.4 Å². The standard InChI is InChI=1S/C14H20F2N6O2S.C11H15NO/c1-18-20-14(17)19-10-21-6-8-22(9-7-21)25(23,24)12-4-2-11(3-5-12)13(15)16;1-9(2)11-5-3-10(4-6-11)7-12-8-13/h2-5,10,13,18H,6-9H2,1H3,(H2,17,20);3-6,8-9H,7H2,1-2H3,(H,12,13)/b19-10+;. The molecule has 0 aliphatic carbocycles. The lowest BCUT2D eigenvalue weighted by atomic mass is 10.0. The summed E-state index contributed by atoms with van der Waals surface area (Å²) in [5.74, 6) is 0.629. The number of benzene rings is 2. The quantitative estimate of drug-likeness (QED) is 0.190. The molecule has 0 atom stereocenters. The van der Waals surface area contributed by atoms with Gasteiger partial charge in [0.2, 0.25) is 22.4 Å². The van der Waals surface area contributed by atoms with Gasteiger partial charge >= 0.3 is 0 Å². The molecule has 1 heterocycles. The number of carbonyl (C=O) groups excluding carboxylic acids is 1. The van der Waals surface area contributed by atoms with E-state index in [4.69, 9.17) is 5.73 Å². The molecule has 0 spiro atoms. The minimum atomic E-state index is -3.71. The maximum absolute atomic E-state index is 12.6. The highest BCUT2D eigenvalue weighted by atomic mass is 32.2. The summed E-state index contributed by atoms with van der Waals surface area (Å²) in [6, 6.07) is 13.0. The summed E-state index contributed by atoms with van der Waals surface area (Å²) >= 11 is 0. The van der Waals surface area contributed by atoms with E-state index in [1.54, 1.807) is 7.05 Å². The lowest BCUT2D eigenvalue weighted by Crippen LogP contribution is -2.48. The lowest BCUT2D eigenvalue weighted by molar-refractivity contribution is -0.109. The number of rotatable bonds is 9. The minimum Gasteiger partial charge on any atom is -0.367 e. The number of guanidine groups is 1. The van der Waals surface area contributed by atoms with Gasteiger partial charge in [0.25, 0.3) is 6.43 Å². The number of nitrogens with zero attached hydrogens (tertiary/aromatic N) is 4. The molecule has 0 aromatic heterocycles. The Kier molecular flexibility index (Phi) is 12.1. The first-order chi connectivity index (χ1) is 18.1. The van der Waals surface area contributed by atoms with E-state index in [9.17, 15) is 22.0 Å². The van der Waals surface area contributed by atoms with Gasteiger partial charge < -0.3 is 21.4 Å². The van der Waals surface area contributed by atoms with Crippen molar-refractivity contribution >= 4 is 28.7 Å². The fourth-order valence-corrected chi connectivity index (χ4v) is 4.88. The smallest absolute Gasteiger partial charge is 0.263 e. The molecule has 2 aromatic rings. The van der Waals surface area contributed by atoms with Gasteiger partial charge in [-0.05, 0) is 29.2 Å². The predicted octanol–water partition coefficient (Wildman–Crippen LogP) is 2.46. The van der Waals surface area contributed by atoms with Gasteiger partial charge in [0, 0.05) is 45.3 Å². The summed E-state index contributed by atoms with van der Waals surface area (Å²) in [7, 11) is -2.11. The molecule has 1 saturated heterocycles. The Labute approximate surface area is 222 Å². The number of nitrogens with two attached hydrogens (primary N) is 1. The van der Waals surface area contributed by atoms with Gasteiger partial charge in [-0.25, -0.2) is 22.2 Å². The summed E-state index contributed by atoms with van der Waals surface area (Å²) in [4.78, 5) is 15.8. The average Bonchev–Trinajstić information content (AvgIpc) is 2.91. The SMILES string of the molecule is CC(C)c1ccc(CNC=O)cc1.CN/N=C(N)\N=C\N1CCN(S(=O)(=O)c2ccc(C(F)F)cc2)CC1. The molecule has 1 amide bonds. The molecule has 1 aliphatic heterocycles. The van der Waals surface area contributed by atoms with E-state index in [1.165, 1.54) is 28.3 Å². The number of amides is 1. The van der Waals surface area contributed by atoms with Crippen molar-refractivity contribution in [2.75, 3.05) is 33.2 Å². The Balaban J connectivity index is 0.000000328. The Morgan fingerprint density at radius 2 is 1.61 bits per heavy atom. The number of carbonyl (C=O) groups is 1. The van der Waals surface area contributed by atoms with Crippen LogP contribution in [-0.4, -0.2) is 69.6 Å². The van der Waals surface area contributed by atoms with Crippen molar-refractivity contribution in [1.29, 1.82) is 0 Å². The van der Waals surface area contributed by atoms with Gasteiger partial charge in [-0.3, -0.25) is 4.79 Å². The molecule has 3 rings (SSSR count). The molecule has 13 heteroatoms. The first-order valence-electron chi connectivity index (χ1n) is 12.0. The molecule has 4 N–H and O–H groups in total. The van der Waals surface area contributed by atoms with Crippen molar-refractivity contribution in [3.8, 4) is 0 Å². The highest BCUT2D eigenvalue weighted by Gasteiger charge is 2.28.